The van der Waals surface area contributed by atoms with Crippen molar-refractivity contribution in [3.8, 4) is 0 Å². The molecule has 0 atom stereocenters. The SMILES string of the molecule is Nc1ccccc1/C(=C/c1ccc(F)cc1)C(=O)O. The molecule has 0 fully saturated rings. The van der Waals surface area contributed by atoms with Gasteiger partial charge in [0.2, 0.25) is 0 Å². The van der Waals surface area contributed by atoms with E-state index in [1.807, 2.05) is 0 Å². The van der Waals surface area contributed by atoms with Crippen LogP contribution in [0.5, 0.6) is 0 Å². The van der Waals surface area contributed by atoms with E-state index in [9.17, 15) is 14.3 Å². The third-order valence-electron chi connectivity index (χ3n) is 2.66. The van der Waals surface area contributed by atoms with E-state index in [0.717, 1.165) is 0 Å². The first-order valence-corrected chi connectivity index (χ1v) is 5.63. The number of aliphatic carboxylic acids is 1. The summed E-state index contributed by atoms with van der Waals surface area (Å²) < 4.78 is 12.8. The lowest BCUT2D eigenvalue weighted by molar-refractivity contribution is -0.130. The third kappa shape index (κ3) is 2.98. The Hall–Kier alpha value is -2.62. The maximum Gasteiger partial charge on any atom is 0.336 e. The van der Waals surface area contributed by atoms with Gasteiger partial charge in [-0.2, -0.15) is 0 Å². The Labute approximate surface area is 109 Å². The minimum Gasteiger partial charge on any atom is -0.478 e. The minimum atomic E-state index is -1.08. The van der Waals surface area contributed by atoms with E-state index in [-0.39, 0.29) is 11.4 Å². The fourth-order valence-corrected chi connectivity index (χ4v) is 1.72. The van der Waals surface area contributed by atoms with Gasteiger partial charge in [-0.25, -0.2) is 9.18 Å². The number of benzene rings is 2. The van der Waals surface area contributed by atoms with Crippen molar-refractivity contribution in [3.05, 3.63) is 65.5 Å². The molecule has 3 N–H and O–H groups in total. The van der Waals surface area contributed by atoms with E-state index in [2.05, 4.69) is 0 Å². The Morgan fingerprint density at radius 3 is 2.32 bits per heavy atom. The lowest BCUT2D eigenvalue weighted by Crippen LogP contribution is -2.02. The molecule has 0 spiro atoms. The quantitative estimate of drug-likeness (QED) is 0.504. The smallest absolute Gasteiger partial charge is 0.336 e. The number of hydrogen-bond donors (Lipinski definition) is 2. The summed E-state index contributed by atoms with van der Waals surface area (Å²) in [5, 5.41) is 9.27. The predicted molar refractivity (Wildman–Crippen MR) is 72.8 cm³/mol. The molecule has 0 saturated heterocycles. The zero-order valence-electron chi connectivity index (χ0n) is 10.0. The van der Waals surface area contributed by atoms with Crippen LogP contribution in [0.25, 0.3) is 11.6 Å². The Kier molecular flexibility index (Phi) is 3.61. The molecular formula is C15H12FNO2. The number of halogens is 1. The summed E-state index contributed by atoms with van der Waals surface area (Å²) in [6.07, 6.45) is 1.47. The van der Waals surface area contributed by atoms with Crippen LogP contribution in [-0.4, -0.2) is 11.1 Å². The van der Waals surface area contributed by atoms with Gasteiger partial charge in [0.25, 0.3) is 0 Å². The number of anilines is 1. The monoisotopic (exact) mass is 257 g/mol. The van der Waals surface area contributed by atoms with Crippen molar-refractivity contribution in [1.29, 1.82) is 0 Å². The molecule has 0 heterocycles. The average molecular weight is 257 g/mol. The highest BCUT2D eigenvalue weighted by Gasteiger charge is 2.12. The molecule has 0 aliphatic heterocycles. The van der Waals surface area contributed by atoms with Crippen LogP contribution >= 0.6 is 0 Å². The molecule has 96 valence electrons. The van der Waals surface area contributed by atoms with Crippen molar-refractivity contribution >= 4 is 23.3 Å². The largest absolute Gasteiger partial charge is 0.478 e. The van der Waals surface area contributed by atoms with Gasteiger partial charge in [-0.1, -0.05) is 30.3 Å². The van der Waals surface area contributed by atoms with Crippen molar-refractivity contribution in [2.45, 2.75) is 0 Å². The van der Waals surface area contributed by atoms with Crippen molar-refractivity contribution in [1.82, 2.24) is 0 Å². The van der Waals surface area contributed by atoms with Crippen LogP contribution in [0.2, 0.25) is 0 Å². The van der Waals surface area contributed by atoms with E-state index in [1.165, 1.54) is 30.3 Å². The van der Waals surface area contributed by atoms with Gasteiger partial charge in [0.05, 0.1) is 5.57 Å². The van der Waals surface area contributed by atoms with E-state index >= 15 is 0 Å². The summed E-state index contributed by atoms with van der Waals surface area (Å²) >= 11 is 0. The van der Waals surface area contributed by atoms with Crippen molar-refractivity contribution < 1.29 is 14.3 Å². The number of nitrogens with two attached hydrogens (primary N) is 1. The highest BCUT2D eigenvalue weighted by atomic mass is 19.1. The van der Waals surface area contributed by atoms with Crippen molar-refractivity contribution in [2.75, 3.05) is 5.73 Å². The van der Waals surface area contributed by atoms with Gasteiger partial charge < -0.3 is 10.8 Å². The lowest BCUT2D eigenvalue weighted by atomic mass is 10.0. The van der Waals surface area contributed by atoms with Gasteiger partial charge in [0.1, 0.15) is 5.82 Å². The fraction of sp³-hybridized carbons (Fsp3) is 0. The first-order chi connectivity index (χ1) is 9.08. The predicted octanol–water partition coefficient (Wildman–Crippen LogP) is 3.03. The molecule has 0 amide bonds. The van der Waals surface area contributed by atoms with Crippen LogP contribution in [0.1, 0.15) is 11.1 Å². The van der Waals surface area contributed by atoms with Gasteiger partial charge in [0, 0.05) is 11.3 Å². The molecule has 0 unspecified atom stereocenters. The molecule has 0 aromatic heterocycles. The summed E-state index contributed by atoms with van der Waals surface area (Å²) in [5.74, 6) is -1.45. The molecule has 0 radical (unpaired) electrons. The fourth-order valence-electron chi connectivity index (χ4n) is 1.72. The summed E-state index contributed by atoms with van der Waals surface area (Å²) in [6, 6.07) is 12.3. The first kappa shape index (κ1) is 12.8. The number of para-hydroxylation sites is 1. The van der Waals surface area contributed by atoms with Crippen LogP contribution in [0.3, 0.4) is 0 Å². The van der Waals surface area contributed by atoms with Gasteiger partial charge in [-0.15, -0.1) is 0 Å². The van der Waals surface area contributed by atoms with Gasteiger partial charge in [0.15, 0.2) is 0 Å². The number of hydrogen-bond acceptors (Lipinski definition) is 2. The van der Waals surface area contributed by atoms with Crippen LogP contribution in [0, 0.1) is 5.82 Å². The van der Waals surface area contributed by atoms with Gasteiger partial charge in [-0.3, -0.25) is 0 Å². The lowest BCUT2D eigenvalue weighted by Gasteiger charge is -2.06. The average Bonchev–Trinajstić information content (AvgIpc) is 2.39. The Morgan fingerprint density at radius 2 is 1.74 bits per heavy atom. The van der Waals surface area contributed by atoms with Crippen molar-refractivity contribution in [3.63, 3.8) is 0 Å². The summed E-state index contributed by atoms with van der Waals surface area (Å²) in [5.41, 5.74) is 7.28. The molecule has 0 aliphatic carbocycles. The molecule has 2 rings (SSSR count). The van der Waals surface area contributed by atoms with Crippen LogP contribution in [0.15, 0.2) is 48.5 Å². The Morgan fingerprint density at radius 1 is 1.11 bits per heavy atom. The molecule has 0 aliphatic rings. The number of nitrogen functional groups attached to an aromatic ring is 1. The summed E-state index contributed by atoms with van der Waals surface area (Å²) in [6.45, 7) is 0. The van der Waals surface area contributed by atoms with Crippen LogP contribution < -0.4 is 5.73 Å². The van der Waals surface area contributed by atoms with Crippen LogP contribution in [0.4, 0.5) is 10.1 Å². The van der Waals surface area contributed by atoms with Gasteiger partial charge in [-0.05, 0) is 29.8 Å². The molecule has 4 heteroatoms. The standard InChI is InChI=1S/C15H12FNO2/c16-11-7-5-10(6-8-11)9-13(15(18)19)12-3-1-2-4-14(12)17/h1-9H,17H2,(H,18,19)/b13-9-. The molecule has 2 aromatic carbocycles. The summed E-state index contributed by atoms with van der Waals surface area (Å²) in [7, 11) is 0. The van der Waals surface area contributed by atoms with E-state index in [1.54, 1.807) is 24.3 Å². The summed E-state index contributed by atoms with van der Waals surface area (Å²) in [4.78, 5) is 11.3. The number of carboxylic acid groups (broad SMARTS) is 1. The molecule has 2 aromatic rings. The zero-order valence-corrected chi connectivity index (χ0v) is 10.0. The number of carboxylic acids is 1. The van der Waals surface area contributed by atoms with E-state index in [0.29, 0.717) is 16.8 Å². The Balaban J connectivity index is 2.50. The molecule has 3 nitrogen and oxygen atoms in total. The molecular weight excluding hydrogens is 245 g/mol. The second kappa shape index (κ2) is 5.35. The maximum absolute atomic E-state index is 12.8. The van der Waals surface area contributed by atoms with Crippen molar-refractivity contribution in [2.24, 2.45) is 0 Å². The number of rotatable bonds is 3. The third-order valence-corrected chi connectivity index (χ3v) is 2.66. The molecule has 19 heavy (non-hydrogen) atoms. The first-order valence-electron chi connectivity index (χ1n) is 5.63. The second-order valence-corrected chi connectivity index (χ2v) is 4.00. The highest BCUT2D eigenvalue weighted by Crippen LogP contribution is 2.24. The topological polar surface area (TPSA) is 63.3 Å². The van der Waals surface area contributed by atoms with E-state index in [4.69, 9.17) is 5.73 Å². The van der Waals surface area contributed by atoms with E-state index < -0.39 is 5.97 Å². The minimum absolute atomic E-state index is 0.0738. The normalized spacial score (nSPS) is 11.3. The zero-order chi connectivity index (χ0) is 13.8. The molecule has 0 bridgehead atoms. The molecule has 0 saturated carbocycles. The highest BCUT2D eigenvalue weighted by molar-refractivity contribution is 6.22. The number of carbonyl (C=O) groups is 1. The van der Waals surface area contributed by atoms with Gasteiger partial charge >= 0.3 is 5.97 Å². The second-order valence-electron chi connectivity index (χ2n) is 4.00. The maximum atomic E-state index is 12.8. The van der Waals surface area contributed by atoms with Crippen LogP contribution in [-0.2, 0) is 4.79 Å². The Bertz CT molecular complexity index is 633.